The Labute approximate surface area is 214 Å². The topological polar surface area (TPSA) is 95.6 Å². The quantitative estimate of drug-likeness (QED) is 0.406. The lowest BCUT2D eigenvalue weighted by Crippen LogP contribution is -2.41. The molecule has 188 valence electrons. The van der Waals surface area contributed by atoms with Crippen LogP contribution in [0.3, 0.4) is 0 Å². The van der Waals surface area contributed by atoms with Gasteiger partial charge in [0.15, 0.2) is 9.84 Å². The number of carbonyl (C=O) groups excluding carboxylic acids is 2. The van der Waals surface area contributed by atoms with Crippen LogP contribution in [-0.4, -0.2) is 44.6 Å². The summed E-state index contributed by atoms with van der Waals surface area (Å²) >= 11 is 5.89. The molecule has 0 unspecified atom stereocenters. The van der Waals surface area contributed by atoms with E-state index in [1.165, 1.54) is 29.2 Å². The highest BCUT2D eigenvalue weighted by molar-refractivity contribution is 7.90. The Bertz CT molecular complexity index is 1390. The number of hydrogen-bond acceptors (Lipinski definition) is 4. The van der Waals surface area contributed by atoms with E-state index in [0.717, 1.165) is 25.2 Å². The minimum Gasteiger partial charge on any atom is -0.324 e. The van der Waals surface area contributed by atoms with Crippen molar-refractivity contribution in [2.75, 3.05) is 30.0 Å². The van der Waals surface area contributed by atoms with Crippen molar-refractivity contribution in [1.29, 1.82) is 0 Å². The SMILES string of the molecule is CS(=O)(=O)c1ccccc1-c1ccc(NC(=O)CN(CC2CC2)C(=O)Nc2ccc(Cl)cc2)cc1F. The van der Waals surface area contributed by atoms with Gasteiger partial charge in [-0.25, -0.2) is 17.6 Å². The van der Waals surface area contributed by atoms with E-state index >= 15 is 0 Å². The number of anilines is 2. The molecular formula is C26H25ClFN3O4S. The molecule has 3 amide bonds. The first-order valence-corrected chi connectivity index (χ1v) is 13.6. The van der Waals surface area contributed by atoms with E-state index < -0.39 is 27.6 Å². The zero-order valence-corrected chi connectivity index (χ0v) is 21.1. The third-order valence-corrected chi connectivity index (χ3v) is 7.13. The van der Waals surface area contributed by atoms with Crippen LogP contribution in [0.1, 0.15) is 12.8 Å². The van der Waals surface area contributed by atoms with Crippen molar-refractivity contribution < 1.29 is 22.4 Å². The van der Waals surface area contributed by atoms with Crippen molar-refractivity contribution >= 4 is 44.8 Å². The number of rotatable bonds is 8. The molecule has 2 N–H and O–H groups in total. The zero-order valence-electron chi connectivity index (χ0n) is 19.5. The summed E-state index contributed by atoms with van der Waals surface area (Å²) in [5.41, 5.74) is 1.09. The fraction of sp³-hybridized carbons (Fsp3) is 0.231. The van der Waals surface area contributed by atoms with E-state index in [1.54, 1.807) is 36.4 Å². The van der Waals surface area contributed by atoms with Crippen LogP contribution in [0.15, 0.2) is 71.6 Å². The van der Waals surface area contributed by atoms with Crippen molar-refractivity contribution in [1.82, 2.24) is 4.90 Å². The Morgan fingerprint density at radius 1 is 0.972 bits per heavy atom. The number of urea groups is 1. The standard InChI is InChI=1S/C26H25ClFN3O4S/c1-36(34,35)24-5-3-2-4-22(24)21-13-12-20(14-23(21)28)29-25(32)16-31(15-17-6-7-17)26(33)30-19-10-8-18(27)9-11-19/h2-5,8-14,17H,6-7,15-16H2,1H3,(H,29,32)(H,30,33). The molecule has 0 atom stereocenters. The van der Waals surface area contributed by atoms with Crippen molar-refractivity contribution in [2.24, 2.45) is 5.92 Å². The lowest BCUT2D eigenvalue weighted by Gasteiger charge is -2.22. The molecular weight excluding hydrogens is 505 g/mol. The van der Waals surface area contributed by atoms with Crippen molar-refractivity contribution in [3.63, 3.8) is 0 Å². The molecule has 1 aliphatic carbocycles. The van der Waals surface area contributed by atoms with Gasteiger partial charge in [0.25, 0.3) is 0 Å². The van der Waals surface area contributed by atoms with Gasteiger partial charge in [-0.3, -0.25) is 4.79 Å². The van der Waals surface area contributed by atoms with Crippen molar-refractivity contribution in [2.45, 2.75) is 17.7 Å². The summed E-state index contributed by atoms with van der Waals surface area (Å²) in [7, 11) is -3.57. The number of hydrogen-bond donors (Lipinski definition) is 2. The third kappa shape index (κ3) is 6.61. The fourth-order valence-corrected chi connectivity index (χ4v) is 4.79. The molecule has 0 radical (unpaired) electrons. The minimum atomic E-state index is -3.57. The number of carbonyl (C=O) groups is 2. The van der Waals surface area contributed by atoms with Gasteiger partial charge in [-0.05, 0) is 67.3 Å². The molecule has 3 aromatic rings. The Morgan fingerprint density at radius 3 is 2.28 bits per heavy atom. The van der Waals surface area contributed by atoms with E-state index in [4.69, 9.17) is 11.6 Å². The Balaban J connectivity index is 1.46. The van der Waals surface area contributed by atoms with Gasteiger partial charge >= 0.3 is 6.03 Å². The van der Waals surface area contributed by atoms with E-state index in [2.05, 4.69) is 10.6 Å². The molecule has 0 bridgehead atoms. The number of sulfone groups is 1. The highest BCUT2D eigenvalue weighted by atomic mass is 35.5. The van der Waals surface area contributed by atoms with Crippen LogP contribution >= 0.6 is 11.6 Å². The summed E-state index contributed by atoms with van der Waals surface area (Å²) < 4.78 is 39.2. The highest BCUT2D eigenvalue weighted by Gasteiger charge is 2.28. The summed E-state index contributed by atoms with van der Waals surface area (Å²) in [6.45, 7) is 0.221. The third-order valence-electron chi connectivity index (χ3n) is 5.72. The number of halogens is 2. The molecule has 1 aliphatic rings. The van der Waals surface area contributed by atoms with Crippen LogP contribution in [-0.2, 0) is 14.6 Å². The second-order valence-electron chi connectivity index (χ2n) is 8.77. The van der Waals surface area contributed by atoms with Gasteiger partial charge in [0, 0.05) is 40.3 Å². The summed E-state index contributed by atoms with van der Waals surface area (Å²) in [5, 5.41) is 5.93. The second-order valence-corrected chi connectivity index (χ2v) is 11.2. The Kier molecular flexibility index (Phi) is 7.61. The van der Waals surface area contributed by atoms with Crippen LogP contribution in [0.4, 0.5) is 20.6 Å². The van der Waals surface area contributed by atoms with E-state index in [1.807, 2.05) is 0 Å². The molecule has 4 rings (SSSR count). The molecule has 7 nitrogen and oxygen atoms in total. The average Bonchev–Trinajstić information content (AvgIpc) is 3.64. The first-order valence-electron chi connectivity index (χ1n) is 11.3. The van der Waals surface area contributed by atoms with Gasteiger partial charge in [-0.15, -0.1) is 0 Å². The molecule has 0 spiro atoms. The van der Waals surface area contributed by atoms with E-state index in [-0.39, 0.29) is 28.3 Å². The van der Waals surface area contributed by atoms with Gasteiger partial charge in [-0.1, -0.05) is 29.8 Å². The zero-order chi connectivity index (χ0) is 25.9. The highest BCUT2D eigenvalue weighted by Crippen LogP contribution is 2.31. The van der Waals surface area contributed by atoms with Gasteiger partial charge in [-0.2, -0.15) is 0 Å². The van der Waals surface area contributed by atoms with Gasteiger partial charge in [0.05, 0.1) is 4.90 Å². The van der Waals surface area contributed by atoms with Crippen LogP contribution in [0.2, 0.25) is 5.02 Å². The number of amides is 3. The molecule has 0 aliphatic heterocycles. The smallest absolute Gasteiger partial charge is 0.322 e. The molecule has 0 saturated heterocycles. The van der Waals surface area contributed by atoms with Gasteiger partial charge in [0.1, 0.15) is 12.4 Å². The molecule has 10 heteroatoms. The Hall–Kier alpha value is -3.43. The first-order chi connectivity index (χ1) is 17.1. The lowest BCUT2D eigenvalue weighted by molar-refractivity contribution is -0.116. The monoisotopic (exact) mass is 529 g/mol. The number of nitrogens with one attached hydrogen (secondary N) is 2. The summed E-state index contributed by atoms with van der Waals surface area (Å²) in [6, 6.07) is 16.4. The maximum absolute atomic E-state index is 15.0. The predicted octanol–water partition coefficient (Wildman–Crippen LogP) is 5.43. The van der Waals surface area contributed by atoms with Crippen LogP contribution in [0.5, 0.6) is 0 Å². The molecule has 36 heavy (non-hydrogen) atoms. The van der Waals surface area contributed by atoms with E-state index in [0.29, 0.717) is 23.2 Å². The first kappa shape index (κ1) is 25.7. The molecule has 1 fully saturated rings. The molecule has 0 heterocycles. The number of nitrogens with zero attached hydrogens (tertiary/aromatic N) is 1. The van der Waals surface area contributed by atoms with Crippen molar-refractivity contribution in [3.8, 4) is 11.1 Å². The van der Waals surface area contributed by atoms with Gasteiger partial charge in [0.2, 0.25) is 5.91 Å². The average molecular weight is 530 g/mol. The normalized spacial score (nSPS) is 13.2. The van der Waals surface area contributed by atoms with Crippen LogP contribution < -0.4 is 10.6 Å². The van der Waals surface area contributed by atoms with Crippen molar-refractivity contribution in [3.05, 3.63) is 77.6 Å². The maximum Gasteiger partial charge on any atom is 0.322 e. The van der Waals surface area contributed by atoms with Gasteiger partial charge < -0.3 is 15.5 Å². The van der Waals surface area contributed by atoms with Crippen LogP contribution in [0, 0.1) is 11.7 Å². The fourth-order valence-electron chi connectivity index (χ4n) is 3.76. The molecule has 3 aromatic carbocycles. The number of benzene rings is 3. The largest absolute Gasteiger partial charge is 0.324 e. The van der Waals surface area contributed by atoms with Crippen LogP contribution in [0.25, 0.3) is 11.1 Å². The summed E-state index contributed by atoms with van der Waals surface area (Å²) in [5.74, 6) is -0.815. The summed E-state index contributed by atoms with van der Waals surface area (Å²) in [6.07, 6.45) is 3.05. The minimum absolute atomic E-state index is 0.0168. The van der Waals surface area contributed by atoms with E-state index in [9.17, 15) is 22.4 Å². The molecule has 1 saturated carbocycles. The second kappa shape index (κ2) is 10.7. The predicted molar refractivity (Wildman–Crippen MR) is 138 cm³/mol. The summed E-state index contributed by atoms with van der Waals surface area (Å²) in [4.78, 5) is 27.0. The molecule has 0 aromatic heterocycles. The Morgan fingerprint density at radius 2 is 1.64 bits per heavy atom. The lowest BCUT2D eigenvalue weighted by atomic mass is 10.0. The maximum atomic E-state index is 15.0.